The molecule has 1 N–H and O–H groups in total. The lowest BCUT2D eigenvalue weighted by Gasteiger charge is -2.15. The highest BCUT2D eigenvalue weighted by molar-refractivity contribution is 5.94. The van der Waals surface area contributed by atoms with Crippen LogP contribution >= 0.6 is 0 Å². The average Bonchev–Trinajstić information content (AvgIpc) is 3.18. The summed E-state index contributed by atoms with van der Waals surface area (Å²) in [5, 5.41) is 13.1. The van der Waals surface area contributed by atoms with Gasteiger partial charge in [0.05, 0.1) is 16.6 Å². The van der Waals surface area contributed by atoms with Gasteiger partial charge >= 0.3 is 5.69 Å². The minimum atomic E-state index is -1.22. The van der Waals surface area contributed by atoms with E-state index in [1.807, 2.05) is 6.92 Å². The van der Waals surface area contributed by atoms with Crippen LogP contribution in [-0.4, -0.2) is 17.4 Å². The van der Waals surface area contributed by atoms with Crippen LogP contribution in [-0.2, 0) is 0 Å². The molecule has 1 aliphatic rings. The van der Waals surface area contributed by atoms with Crippen molar-refractivity contribution < 1.29 is 18.5 Å². The van der Waals surface area contributed by atoms with Crippen molar-refractivity contribution in [2.75, 3.05) is 6.54 Å². The molecule has 7 heteroatoms. The number of hydrogen-bond donors (Lipinski definition) is 1. The van der Waals surface area contributed by atoms with Crippen LogP contribution in [0.3, 0.4) is 0 Å². The van der Waals surface area contributed by atoms with Crippen LogP contribution in [0.4, 0.5) is 14.5 Å². The Labute approximate surface area is 120 Å². The third kappa shape index (κ3) is 3.34. The first-order chi connectivity index (χ1) is 9.88. The number of nitro benzene ring substituents is 1. The summed E-state index contributed by atoms with van der Waals surface area (Å²) in [6, 6.07) is 1.01. The Balaban J connectivity index is 2.09. The van der Waals surface area contributed by atoms with E-state index in [0.29, 0.717) is 18.7 Å². The quantitative estimate of drug-likeness (QED) is 0.647. The zero-order valence-electron chi connectivity index (χ0n) is 11.6. The summed E-state index contributed by atoms with van der Waals surface area (Å²) in [4.78, 5) is 21.4. The van der Waals surface area contributed by atoms with Crippen LogP contribution in [0.15, 0.2) is 12.1 Å². The highest BCUT2D eigenvalue weighted by atomic mass is 19.1. The third-order valence-corrected chi connectivity index (χ3v) is 3.84. The smallest absolute Gasteiger partial charge is 0.307 e. The standard InChI is InChI=1S/C14H16F2N2O3/c1-2-3-14(4-5-14)8-17-13(19)9-6-11(16)12(18(20)21)7-10(9)15/h6-7H,2-5,8H2,1H3,(H,17,19). The lowest BCUT2D eigenvalue weighted by atomic mass is 10.0. The van der Waals surface area contributed by atoms with Crippen LogP contribution in [0.25, 0.3) is 0 Å². The number of nitrogens with zero attached hydrogens (tertiary/aromatic N) is 1. The fraction of sp³-hybridized carbons (Fsp3) is 0.500. The topological polar surface area (TPSA) is 72.2 Å². The molecule has 5 nitrogen and oxygen atoms in total. The Kier molecular flexibility index (Phi) is 4.20. The molecule has 0 aromatic heterocycles. The highest BCUT2D eigenvalue weighted by Gasteiger charge is 2.41. The minimum absolute atomic E-state index is 0.0835. The molecule has 0 radical (unpaired) electrons. The molecular weight excluding hydrogens is 282 g/mol. The first kappa shape index (κ1) is 15.3. The highest BCUT2D eigenvalue weighted by Crippen LogP contribution is 2.48. The van der Waals surface area contributed by atoms with Gasteiger partial charge in [-0.05, 0) is 30.7 Å². The maximum atomic E-state index is 13.7. The minimum Gasteiger partial charge on any atom is -0.351 e. The Hall–Kier alpha value is -2.05. The van der Waals surface area contributed by atoms with Gasteiger partial charge in [0.25, 0.3) is 5.91 Å². The van der Waals surface area contributed by atoms with Gasteiger partial charge in [-0.25, -0.2) is 4.39 Å². The maximum absolute atomic E-state index is 13.7. The summed E-state index contributed by atoms with van der Waals surface area (Å²) in [6.45, 7) is 2.46. The Morgan fingerprint density at radius 1 is 1.38 bits per heavy atom. The lowest BCUT2D eigenvalue weighted by Crippen LogP contribution is -2.31. The van der Waals surface area contributed by atoms with Gasteiger partial charge in [-0.15, -0.1) is 0 Å². The van der Waals surface area contributed by atoms with Crippen molar-refractivity contribution in [2.24, 2.45) is 5.41 Å². The van der Waals surface area contributed by atoms with Crippen molar-refractivity contribution in [3.05, 3.63) is 39.4 Å². The van der Waals surface area contributed by atoms with Crippen molar-refractivity contribution in [1.29, 1.82) is 0 Å². The molecular formula is C14H16F2N2O3. The number of nitro groups is 1. The summed E-state index contributed by atoms with van der Waals surface area (Å²) in [7, 11) is 0. The zero-order chi connectivity index (χ0) is 15.6. The first-order valence-corrected chi connectivity index (χ1v) is 6.80. The number of carbonyl (C=O) groups is 1. The summed E-state index contributed by atoms with van der Waals surface area (Å²) >= 11 is 0. The molecule has 0 atom stereocenters. The number of halogens is 2. The van der Waals surface area contributed by atoms with Gasteiger partial charge in [-0.1, -0.05) is 13.3 Å². The molecule has 0 heterocycles. The molecule has 1 aromatic rings. The van der Waals surface area contributed by atoms with E-state index in [1.54, 1.807) is 0 Å². The van der Waals surface area contributed by atoms with E-state index in [9.17, 15) is 23.7 Å². The number of amides is 1. The predicted molar refractivity (Wildman–Crippen MR) is 71.9 cm³/mol. The summed E-state index contributed by atoms with van der Waals surface area (Å²) in [5.41, 5.74) is -1.40. The number of nitrogens with one attached hydrogen (secondary N) is 1. The molecule has 114 valence electrons. The Morgan fingerprint density at radius 3 is 2.57 bits per heavy atom. The van der Waals surface area contributed by atoms with E-state index in [4.69, 9.17) is 0 Å². The van der Waals surface area contributed by atoms with Gasteiger partial charge in [0.1, 0.15) is 5.82 Å². The lowest BCUT2D eigenvalue weighted by molar-refractivity contribution is -0.387. The molecule has 2 rings (SSSR count). The largest absolute Gasteiger partial charge is 0.351 e. The van der Waals surface area contributed by atoms with Crippen molar-refractivity contribution in [2.45, 2.75) is 32.6 Å². The molecule has 21 heavy (non-hydrogen) atoms. The molecule has 1 amide bonds. The summed E-state index contributed by atoms with van der Waals surface area (Å²) in [6.07, 6.45) is 4.00. The molecule has 0 saturated heterocycles. The Morgan fingerprint density at radius 2 is 2.05 bits per heavy atom. The number of benzene rings is 1. The Bertz CT molecular complexity index is 586. The monoisotopic (exact) mass is 298 g/mol. The van der Waals surface area contributed by atoms with Crippen LogP contribution in [0.2, 0.25) is 0 Å². The number of rotatable bonds is 6. The van der Waals surface area contributed by atoms with Crippen LogP contribution in [0.1, 0.15) is 43.0 Å². The third-order valence-electron chi connectivity index (χ3n) is 3.84. The van der Waals surface area contributed by atoms with E-state index in [-0.39, 0.29) is 5.41 Å². The average molecular weight is 298 g/mol. The number of carbonyl (C=O) groups excluding carboxylic acids is 1. The van der Waals surface area contributed by atoms with Crippen molar-refractivity contribution >= 4 is 11.6 Å². The van der Waals surface area contributed by atoms with Gasteiger partial charge in [-0.3, -0.25) is 14.9 Å². The fourth-order valence-electron chi connectivity index (χ4n) is 2.44. The summed E-state index contributed by atoms with van der Waals surface area (Å²) < 4.78 is 27.2. The van der Waals surface area contributed by atoms with Crippen molar-refractivity contribution in [1.82, 2.24) is 5.32 Å². The molecule has 1 fully saturated rings. The molecule has 0 bridgehead atoms. The van der Waals surface area contributed by atoms with E-state index in [1.165, 1.54) is 0 Å². The van der Waals surface area contributed by atoms with E-state index in [0.717, 1.165) is 25.7 Å². The zero-order valence-corrected chi connectivity index (χ0v) is 11.6. The van der Waals surface area contributed by atoms with Gasteiger partial charge in [0.2, 0.25) is 5.82 Å². The second kappa shape index (κ2) is 5.75. The van der Waals surface area contributed by atoms with E-state index < -0.39 is 33.7 Å². The SMILES string of the molecule is CCCC1(CNC(=O)c2cc(F)c([N+](=O)[O-])cc2F)CC1. The predicted octanol–water partition coefficient (Wildman–Crippen LogP) is 3.18. The summed E-state index contributed by atoms with van der Waals surface area (Å²) in [5.74, 6) is -3.06. The molecule has 1 aromatic carbocycles. The van der Waals surface area contributed by atoms with Gasteiger partial charge in [0, 0.05) is 6.54 Å². The van der Waals surface area contributed by atoms with E-state index >= 15 is 0 Å². The van der Waals surface area contributed by atoms with Gasteiger partial charge in [0.15, 0.2) is 0 Å². The molecule has 0 aliphatic heterocycles. The first-order valence-electron chi connectivity index (χ1n) is 6.80. The molecule has 0 unspecified atom stereocenters. The van der Waals surface area contributed by atoms with E-state index in [2.05, 4.69) is 5.32 Å². The van der Waals surface area contributed by atoms with Crippen LogP contribution in [0.5, 0.6) is 0 Å². The van der Waals surface area contributed by atoms with Gasteiger partial charge < -0.3 is 5.32 Å². The second-order valence-electron chi connectivity index (χ2n) is 5.47. The fourth-order valence-corrected chi connectivity index (χ4v) is 2.44. The normalized spacial score (nSPS) is 15.6. The molecule has 1 saturated carbocycles. The number of hydrogen-bond acceptors (Lipinski definition) is 3. The molecule has 1 aliphatic carbocycles. The van der Waals surface area contributed by atoms with Crippen molar-refractivity contribution in [3.63, 3.8) is 0 Å². The van der Waals surface area contributed by atoms with Crippen molar-refractivity contribution in [3.8, 4) is 0 Å². The second-order valence-corrected chi connectivity index (χ2v) is 5.47. The molecule has 0 spiro atoms. The van der Waals surface area contributed by atoms with Crippen LogP contribution in [0, 0.1) is 27.2 Å². The van der Waals surface area contributed by atoms with Gasteiger partial charge in [-0.2, -0.15) is 4.39 Å². The van der Waals surface area contributed by atoms with Crippen LogP contribution < -0.4 is 5.32 Å². The maximum Gasteiger partial charge on any atom is 0.307 e.